The molecule has 1 rings (SSSR count). The van der Waals surface area contributed by atoms with Crippen molar-refractivity contribution in [2.24, 2.45) is 0 Å². The Hall–Kier alpha value is -0.160. The molecule has 1 aliphatic heterocycles. The van der Waals surface area contributed by atoms with Gasteiger partial charge in [0.1, 0.15) is 0 Å². The van der Waals surface area contributed by atoms with Crippen LogP contribution in [-0.4, -0.2) is 76.4 Å². The molecule has 0 spiro atoms. The second-order valence-electron chi connectivity index (χ2n) is 4.95. The van der Waals surface area contributed by atoms with Gasteiger partial charge in [-0.25, -0.2) is 0 Å². The Labute approximate surface area is 99.9 Å². The Kier molecular flexibility index (Phi) is 6.96. The smallest absolute Gasteiger partial charge is 0.0702 e. The van der Waals surface area contributed by atoms with Crippen molar-refractivity contribution in [1.82, 2.24) is 15.1 Å². The van der Waals surface area contributed by atoms with E-state index >= 15 is 0 Å². The van der Waals surface area contributed by atoms with Crippen molar-refractivity contribution < 1.29 is 4.74 Å². The van der Waals surface area contributed by atoms with Crippen LogP contribution in [0.15, 0.2) is 0 Å². The van der Waals surface area contributed by atoms with E-state index in [0.717, 1.165) is 39.3 Å². The second-order valence-corrected chi connectivity index (χ2v) is 4.95. The van der Waals surface area contributed by atoms with Gasteiger partial charge in [0, 0.05) is 39.3 Å². The Morgan fingerprint density at radius 3 is 2.56 bits per heavy atom. The highest BCUT2D eigenvalue weighted by Crippen LogP contribution is 2.12. The summed E-state index contributed by atoms with van der Waals surface area (Å²) in [5, 5.41) is 3.45. The molecular weight excluding hydrogens is 202 g/mol. The lowest BCUT2D eigenvalue weighted by Crippen LogP contribution is -2.36. The van der Waals surface area contributed by atoms with E-state index in [9.17, 15) is 0 Å². The second kappa shape index (κ2) is 8.01. The SMILES string of the molecule is CN(C)CCNCCN(C)CC1CCCO1. The maximum atomic E-state index is 5.61. The molecule has 1 fully saturated rings. The first-order valence-electron chi connectivity index (χ1n) is 6.34. The molecule has 16 heavy (non-hydrogen) atoms. The third-order valence-electron chi connectivity index (χ3n) is 2.95. The molecule has 96 valence electrons. The fourth-order valence-electron chi connectivity index (χ4n) is 1.92. The molecule has 0 bridgehead atoms. The molecule has 1 saturated heterocycles. The first kappa shape index (κ1) is 13.9. The van der Waals surface area contributed by atoms with Gasteiger partial charge in [-0.3, -0.25) is 0 Å². The molecule has 1 unspecified atom stereocenters. The fraction of sp³-hybridized carbons (Fsp3) is 1.00. The Bertz CT molecular complexity index is 170. The molecule has 0 aromatic carbocycles. The lowest BCUT2D eigenvalue weighted by atomic mass is 10.2. The maximum absolute atomic E-state index is 5.61. The van der Waals surface area contributed by atoms with Crippen molar-refractivity contribution in [3.05, 3.63) is 0 Å². The van der Waals surface area contributed by atoms with Crippen LogP contribution >= 0.6 is 0 Å². The summed E-state index contributed by atoms with van der Waals surface area (Å²) in [7, 11) is 6.38. The van der Waals surface area contributed by atoms with E-state index < -0.39 is 0 Å². The van der Waals surface area contributed by atoms with Crippen LogP contribution in [-0.2, 0) is 4.74 Å². The van der Waals surface area contributed by atoms with Crippen LogP contribution in [0.4, 0.5) is 0 Å². The van der Waals surface area contributed by atoms with Crippen molar-refractivity contribution in [1.29, 1.82) is 0 Å². The molecule has 0 aromatic heterocycles. The summed E-state index contributed by atoms with van der Waals surface area (Å²) >= 11 is 0. The van der Waals surface area contributed by atoms with Gasteiger partial charge in [0.05, 0.1) is 6.10 Å². The quantitative estimate of drug-likeness (QED) is 0.604. The lowest BCUT2D eigenvalue weighted by molar-refractivity contribution is 0.0815. The van der Waals surface area contributed by atoms with Crippen molar-refractivity contribution in [2.45, 2.75) is 18.9 Å². The van der Waals surface area contributed by atoms with E-state index in [-0.39, 0.29) is 0 Å². The van der Waals surface area contributed by atoms with E-state index in [1.807, 2.05) is 0 Å². The molecular formula is C12H27N3O. The normalized spacial score (nSPS) is 21.2. The summed E-state index contributed by atoms with van der Waals surface area (Å²) in [6, 6.07) is 0. The zero-order chi connectivity index (χ0) is 11.8. The van der Waals surface area contributed by atoms with Gasteiger partial charge in [-0.1, -0.05) is 0 Å². The Morgan fingerprint density at radius 2 is 1.94 bits per heavy atom. The molecule has 4 nitrogen and oxygen atoms in total. The molecule has 0 aliphatic carbocycles. The van der Waals surface area contributed by atoms with Crippen LogP contribution in [0.1, 0.15) is 12.8 Å². The highest BCUT2D eigenvalue weighted by atomic mass is 16.5. The van der Waals surface area contributed by atoms with Crippen molar-refractivity contribution in [3.63, 3.8) is 0 Å². The monoisotopic (exact) mass is 229 g/mol. The highest BCUT2D eigenvalue weighted by molar-refractivity contribution is 4.69. The van der Waals surface area contributed by atoms with Gasteiger partial charge in [-0.15, -0.1) is 0 Å². The van der Waals surface area contributed by atoms with Crippen molar-refractivity contribution in [3.8, 4) is 0 Å². The summed E-state index contributed by atoms with van der Waals surface area (Å²) in [6.07, 6.45) is 2.95. The lowest BCUT2D eigenvalue weighted by Gasteiger charge is -2.20. The van der Waals surface area contributed by atoms with Crippen molar-refractivity contribution in [2.75, 3.05) is 60.5 Å². The van der Waals surface area contributed by atoms with E-state index in [1.54, 1.807) is 0 Å². The van der Waals surface area contributed by atoms with Gasteiger partial charge in [-0.2, -0.15) is 0 Å². The number of rotatable bonds is 8. The first-order chi connectivity index (χ1) is 7.68. The maximum Gasteiger partial charge on any atom is 0.0702 e. The zero-order valence-corrected chi connectivity index (χ0v) is 11.0. The van der Waals surface area contributed by atoms with Gasteiger partial charge in [0.15, 0.2) is 0 Å². The minimum absolute atomic E-state index is 0.478. The largest absolute Gasteiger partial charge is 0.377 e. The first-order valence-corrected chi connectivity index (χ1v) is 6.34. The van der Waals surface area contributed by atoms with E-state index in [1.165, 1.54) is 12.8 Å². The molecule has 1 N–H and O–H groups in total. The number of likely N-dealkylation sites (N-methyl/N-ethyl adjacent to an activating group) is 2. The summed E-state index contributed by atoms with van der Waals surface area (Å²) in [5.74, 6) is 0. The summed E-state index contributed by atoms with van der Waals surface area (Å²) in [6.45, 7) is 6.38. The van der Waals surface area contributed by atoms with Gasteiger partial charge < -0.3 is 19.9 Å². The third kappa shape index (κ3) is 6.43. The van der Waals surface area contributed by atoms with Crippen molar-refractivity contribution >= 4 is 0 Å². The minimum atomic E-state index is 0.478. The number of hydrogen-bond acceptors (Lipinski definition) is 4. The summed E-state index contributed by atoms with van der Waals surface area (Å²) in [4.78, 5) is 4.56. The highest BCUT2D eigenvalue weighted by Gasteiger charge is 2.16. The van der Waals surface area contributed by atoms with Gasteiger partial charge >= 0.3 is 0 Å². The van der Waals surface area contributed by atoms with Gasteiger partial charge in [0.25, 0.3) is 0 Å². The molecule has 1 heterocycles. The number of hydrogen-bond donors (Lipinski definition) is 1. The van der Waals surface area contributed by atoms with Crippen LogP contribution < -0.4 is 5.32 Å². The van der Waals surface area contributed by atoms with Crippen LogP contribution in [0.3, 0.4) is 0 Å². The average Bonchev–Trinajstić information content (AvgIpc) is 2.69. The molecule has 0 aromatic rings. The zero-order valence-electron chi connectivity index (χ0n) is 11.0. The molecule has 1 atom stereocenters. The molecule has 4 heteroatoms. The van der Waals surface area contributed by atoms with E-state index in [2.05, 4.69) is 36.3 Å². The van der Waals surface area contributed by atoms with Crippen LogP contribution in [0.2, 0.25) is 0 Å². The summed E-state index contributed by atoms with van der Waals surface area (Å²) < 4.78 is 5.61. The minimum Gasteiger partial charge on any atom is -0.377 e. The molecule has 1 aliphatic rings. The number of nitrogens with zero attached hydrogens (tertiary/aromatic N) is 2. The third-order valence-corrected chi connectivity index (χ3v) is 2.95. The Balaban J connectivity index is 1.91. The van der Waals surface area contributed by atoms with Crippen LogP contribution in [0.5, 0.6) is 0 Å². The fourth-order valence-corrected chi connectivity index (χ4v) is 1.92. The predicted octanol–water partition coefficient (Wildman–Crippen LogP) is 0.248. The van der Waals surface area contributed by atoms with Gasteiger partial charge in [-0.05, 0) is 34.0 Å². The molecule has 0 saturated carbocycles. The topological polar surface area (TPSA) is 27.7 Å². The standard InChI is InChI=1S/C12H27N3O/c1-14(2)8-6-13-7-9-15(3)11-12-5-4-10-16-12/h12-13H,4-11H2,1-3H3. The van der Waals surface area contributed by atoms with Gasteiger partial charge in [0.2, 0.25) is 0 Å². The summed E-state index contributed by atoms with van der Waals surface area (Å²) in [5.41, 5.74) is 0. The van der Waals surface area contributed by atoms with Crippen LogP contribution in [0, 0.1) is 0 Å². The molecule has 0 radical (unpaired) electrons. The predicted molar refractivity (Wildman–Crippen MR) is 67.9 cm³/mol. The number of nitrogens with one attached hydrogen (secondary N) is 1. The number of ether oxygens (including phenoxy) is 1. The average molecular weight is 229 g/mol. The van der Waals surface area contributed by atoms with Crippen LogP contribution in [0.25, 0.3) is 0 Å². The Morgan fingerprint density at radius 1 is 1.19 bits per heavy atom. The van der Waals surface area contributed by atoms with E-state index in [0.29, 0.717) is 6.10 Å². The van der Waals surface area contributed by atoms with E-state index in [4.69, 9.17) is 4.74 Å². The molecule has 0 amide bonds.